The van der Waals surface area contributed by atoms with E-state index in [4.69, 9.17) is 16.0 Å². The third-order valence-electron chi connectivity index (χ3n) is 2.29. The molecule has 0 bridgehead atoms. The van der Waals surface area contributed by atoms with E-state index >= 15 is 0 Å². The molecule has 16 heavy (non-hydrogen) atoms. The minimum absolute atomic E-state index is 0.194. The molecule has 98 valence electrons. The summed E-state index contributed by atoms with van der Waals surface area (Å²) in [5.74, 6) is 0. The molecule has 0 saturated heterocycles. The molecule has 0 amide bonds. The lowest BCUT2D eigenvalue weighted by Gasteiger charge is -2.17. The van der Waals surface area contributed by atoms with Gasteiger partial charge in [-0.1, -0.05) is 19.8 Å². The van der Waals surface area contributed by atoms with Gasteiger partial charge in [0.1, 0.15) is 6.23 Å². The summed E-state index contributed by atoms with van der Waals surface area (Å²) in [6.07, 6.45) is 4.55. The molecule has 0 saturated carbocycles. The second kappa shape index (κ2) is 9.14. The first-order chi connectivity index (χ1) is 7.52. The molecule has 0 aliphatic heterocycles. The van der Waals surface area contributed by atoms with Crippen molar-refractivity contribution in [1.82, 2.24) is 0 Å². The summed E-state index contributed by atoms with van der Waals surface area (Å²) in [7, 11) is -3.47. The summed E-state index contributed by atoms with van der Waals surface area (Å²) in [5, 5.41) is 0. The number of hydrogen-bond acceptors (Lipinski definition) is 4. The summed E-state index contributed by atoms with van der Waals surface area (Å²) in [6, 6.07) is 0. The monoisotopic (exact) mass is 252 g/mol. The van der Waals surface area contributed by atoms with Crippen LogP contribution >= 0.6 is 7.60 Å². The highest BCUT2D eigenvalue weighted by Crippen LogP contribution is 2.43. The quantitative estimate of drug-likeness (QED) is 0.313. The average molecular weight is 252 g/mol. The molecule has 5 N–H and O–H groups in total. The topological polar surface area (TPSA) is 98.6 Å². The van der Waals surface area contributed by atoms with Gasteiger partial charge in [-0.2, -0.15) is 0 Å². The first-order valence-electron chi connectivity index (χ1n) is 5.97. The van der Waals surface area contributed by atoms with Crippen LogP contribution in [0.5, 0.6) is 0 Å². The largest absolute Gasteiger partial charge is 0.330 e. The maximum absolute atomic E-state index is 11.5. The number of unbranched alkanes of at least 4 members (excludes halogenated alkanes) is 3. The van der Waals surface area contributed by atoms with Crippen molar-refractivity contribution in [1.29, 1.82) is 0 Å². The second-order valence-corrected chi connectivity index (χ2v) is 5.93. The van der Waals surface area contributed by atoms with Crippen molar-refractivity contribution in [3.05, 3.63) is 0 Å². The van der Waals surface area contributed by atoms with E-state index in [0.29, 0.717) is 19.4 Å². The second-order valence-electron chi connectivity index (χ2n) is 4.00. The fourth-order valence-electron chi connectivity index (χ4n) is 1.34. The SMILES string of the molecule is CCCCP(=O)(O)OC(N)CCCCCN. The van der Waals surface area contributed by atoms with Crippen LogP contribution in [-0.2, 0) is 9.09 Å². The number of nitrogens with two attached hydrogens (primary N) is 2. The molecule has 0 rings (SSSR count). The third kappa shape index (κ3) is 9.31. The van der Waals surface area contributed by atoms with Crippen molar-refractivity contribution >= 4 is 7.60 Å². The van der Waals surface area contributed by atoms with Crippen LogP contribution in [0.1, 0.15) is 45.4 Å². The van der Waals surface area contributed by atoms with E-state index in [-0.39, 0.29) is 6.16 Å². The molecule has 0 aromatic carbocycles. The first kappa shape index (κ1) is 16.1. The van der Waals surface area contributed by atoms with E-state index < -0.39 is 13.8 Å². The average Bonchev–Trinajstić information content (AvgIpc) is 2.21. The number of rotatable bonds is 10. The predicted molar refractivity (Wildman–Crippen MR) is 66.2 cm³/mol. The molecule has 6 heteroatoms. The van der Waals surface area contributed by atoms with E-state index in [0.717, 1.165) is 25.7 Å². The highest BCUT2D eigenvalue weighted by molar-refractivity contribution is 7.52. The molecule has 2 atom stereocenters. The molecule has 0 fully saturated rings. The zero-order chi connectivity index (χ0) is 12.4. The van der Waals surface area contributed by atoms with Crippen LogP contribution in [0.15, 0.2) is 0 Å². The summed E-state index contributed by atoms with van der Waals surface area (Å²) >= 11 is 0. The summed E-state index contributed by atoms with van der Waals surface area (Å²) in [6.45, 7) is 2.64. The molecule has 0 spiro atoms. The Morgan fingerprint density at radius 2 is 2.00 bits per heavy atom. The zero-order valence-electron chi connectivity index (χ0n) is 10.1. The Hall–Kier alpha value is 0.0700. The molecule has 0 aliphatic carbocycles. The Bertz CT molecular complexity index is 214. The van der Waals surface area contributed by atoms with Gasteiger partial charge in [0.2, 0.25) is 0 Å². The van der Waals surface area contributed by atoms with Crippen molar-refractivity contribution in [3.8, 4) is 0 Å². The van der Waals surface area contributed by atoms with E-state index in [1.807, 2.05) is 6.92 Å². The Morgan fingerprint density at radius 1 is 1.31 bits per heavy atom. The van der Waals surface area contributed by atoms with E-state index in [2.05, 4.69) is 0 Å². The Kier molecular flexibility index (Phi) is 9.18. The van der Waals surface area contributed by atoms with Gasteiger partial charge in [-0.15, -0.1) is 0 Å². The van der Waals surface area contributed by atoms with E-state index in [1.54, 1.807) is 0 Å². The molecule has 5 nitrogen and oxygen atoms in total. The maximum atomic E-state index is 11.5. The van der Waals surface area contributed by atoms with Gasteiger partial charge in [0.25, 0.3) is 0 Å². The van der Waals surface area contributed by atoms with Crippen LogP contribution in [0.2, 0.25) is 0 Å². The van der Waals surface area contributed by atoms with Gasteiger partial charge in [0, 0.05) is 0 Å². The summed E-state index contributed by atoms with van der Waals surface area (Å²) in [4.78, 5) is 9.45. The summed E-state index contributed by atoms with van der Waals surface area (Å²) in [5.41, 5.74) is 11.0. The smallest absolute Gasteiger partial charge is 0.329 e. The minimum atomic E-state index is -3.47. The fraction of sp³-hybridized carbons (Fsp3) is 1.00. The van der Waals surface area contributed by atoms with Crippen molar-refractivity contribution in [3.63, 3.8) is 0 Å². The summed E-state index contributed by atoms with van der Waals surface area (Å²) < 4.78 is 16.5. The van der Waals surface area contributed by atoms with Crippen molar-refractivity contribution < 1.29 is 14.0 Å². The van der Waals surface area contributed by atoms with Crippen LogP contribution in [0.4, 0.5) is 0 Å². The Labute approximate surface area is 98.1 Å². The highest BCUT2D eigenvalue weighted by atomic mass is 31.2. The molecule has 0 aromatic heterocycles. The lowest BCUT2D eigenvalue weighted by molar-refractivity contribution is 0.167. The van der Waals surface area contributed by atoms with Gasteiger partial charge in [-0.25, -0.2) is 0 Å². The van der Waals surface area contributed by atoms with Crippen LogP contribution in [-0.4, -0.2) is 23.8 Å². The van der Waals surface area contributed by atoms with Gasteiger partial charge in [-0.3, -0.25) is 9.09 Å². The van der Waals surface area contributed by atoms with Gasteiger partial charge in [0.05, 0.1) is 6.16 Å². The lowest BCUT2D eigenvalue weighted by Crippen LogP contribution is -2.23. The molecule has 0 heterocycles. The lowest BCUT2D eigenvalue weighted by atomic mass is 10.2. The highest BCUT2D eigenvalue weighted by Gasteiger charge is 2.21. The first-order valence-corrected chi connectivity index (χ1v) is 7.74. The van der Waals surface area contributed by atoms with Gasteiger partial charge >= 0.3 is 7.60 Å². The van der Waals surface area contributed by atoms with E-state index in [9.17, 15) is 9.46 Å². The molecule has 2 unspecified atom stereocenters. The number of hydrogen-bond donors (Lipinski definition) is 3. The predicted octanol–water partition coefficient (Wildman–Crippen LogP) is 1.79. The minimum Gasteiger partial charge on any atom is -0.330 e. The van der Waals surface area contributed by atoms with E-state index in [1.165, 1.54) is 0 Å². The van der Waals surface area contributed by atoms with Crippen LogP contribution < -0.4 is 11.5 Å². The Balaban J connectivity index is 3.67. The van der Waals surface area contributed by atoms with Gasteiger partial charge in [0.15, 0.2) is 0 Å². The fourth-order valence-corrected chi connectivity index (χ4v) is 2.69. The third-order valence-corrected chi connectivity index (χ3v) is 3.77. The Morgan fingerprint density at radius 3 is 2.56 bits per heavy atom. The molecule has 0 radical (unpaired) electrons. The molecule has 0 aromatic rings. The van der Waals surface area contributed by atoms with Crippen molar-refractivity contribution in [2.24, 2.45) is 11.5 Å². The molecular formula is C10H25N2O3P. The van der Waals surface area contributed by atoms with Crippen molar-refractivity contribution in [2.75, 3.05) is 12.7 Å². The van der Waals surface area contributed by atoms with Gasteiger partial charge < -0.3 is 16.4 Å². The zero-order valence-corrected chi connectivity index (χ0v) is 11.0. The maximum Gasteiger partial charge on any atom is 0.329 e. The van der Waals surface area contributed by atoms with Crippen LogP contribution in [0, 0.1) is 0 Å². The standard InChI is InChI=1S/C10H25N2O3P/c1-2-3-9-16(13,14)15-10(12)7-5-4-6-8-11/h10H,2-9,11-12H2,1H3,(H,13,14). The molecule has 0 aliphatic rings. The van der Waals surface area contributed by atoms with Gasteiger partial charge in [-0.05, 0) is 32.2 Å². The van der Waals surface area contributed by atoms with Crippen molar-refractivity contribution in [2.45, 2.75) is 51.7 Å². The normalized spacial score (nSPS) is 17.0. The van der Waals surface area contributed by atoms with Crippen LogP contribution in [0.3, 0.4) is 0 Å². The van der Waals surface area contributed by atoms with Crippen LogP contribution in [0.25, 0.3) is 0 Å². The molecular weight excluding hydrogens is 227 g/mol.